The van der Waals surface area contributed by atoms with Crippen LogP contribution in [0.25, 0.3) is 0 Å². The monoisotopic (exact) mass is 281 g/mol. The van der Waals surface area contributed by atoms with Crippen molar-refractivity contribution in [3.63, 3.8) is 0 Å². The summed E-state index contributed by atoms with van der Waals surface area (Å²) in [5, 5.41) is -0.126. The number of amides is 1. The number of ether oxygens (including phenoxy) is 1. The fraction of sp³-hybridized carbons (Fsp3) is 0.538. The van der Waals surface area contributed by atoms with Crippen LogP contribution in [0.1, 0.15) is 31.7 Å². The minimum absolute atomic E-state index is 0.126. The van der Waals surface area contributed by atoms with E-state index >= 15 is 0 Å². The van der Waals surface area contributed by atoms with Crippen LogP contribution in [-0.2, 0) is 4.74 Å². The average molecular weight is 281 g/mol. The molecule has 0 radical (unpaired) electrons. The van der Waals surface area contributed by atoms with Crippen LogP contribution in [0.3, 0.4) is 0 Å². The molecule has 1 aliphatic rings. The number of pyridine rings is 1. The predicted molar refractivity (Wildman–Crippen MR) is 75.5 cm³/mol. The number of carbonyl (C=O) groups excluding carboxylic acids is 1. The lowest BCUT2D eigenvalue weighted by Crippen LogP contribution is -2.45. The van der Waals surface area contributed by atoms with Crippen LogP contribution in [0.4, 0.5) is 4.79 Å². The number of hydrogen-bond acceptors (Lipinski definition) is 5. The fourth-order valence-electron chi connectivity index (χ4n) is 1.85. The van der Waals surface area contributed by atoms with Crippen LogP contribution < -0.4 is 5.73 Å². The van der Waals surface area contributed by atoms with Crippen molar-refractivity contribution in [1.29, 1.82) is 0 Å². The number of carbonyl (C=O) groups is 1. The third-order valence-corrected chi connectivity index (χ3v) is 3.96. The highest BCUT2D eigenvalue weighted by atomic mass is 32.2. The SMILES string of the molecule is CC(C)(C)OC(=O)N1C(N)CSC1c1cccnc1. The first-order valence-electron chi connectivity index (χ1n) is 6.17. The molecule has 1 amide bonds. The molecule has 1 fully saturated rings. The van der Waals surface area contributed by atoms with Gasteiger partial charge in [-0.15, -0.1) is 11.8 Å². The number of nitrogens with zero attached hydrogens (tertiary/aromatic N) is 2. The highest BCUT2D eigenvalue weighted by Crippen LogP contribution is 2.40. The molecular weight excluding hydrogens is 262 g/mol. The normalized spacial score (nSPS) is 23.5. The maximum Gasteiger partial charge on any atom is 0.412 e. The molecule has 0 bridgehead atoms. The Morgan fingerprint density at radius 1 is 1.58 bits per heavy atom. The molecule has 2 heterocycles. The number of aromatic nitrogens is 1. The van der Waals surface area contributed by atoms with Crippen molar-refractivity contribution in [2.24, 2.45) is 5.73 Å². The molecule has 19 heavy (non-hydrogen) atoms. The Morgan fingerprint density at radius 3 is 2.89 bits per heavy atom. The summed E-state index contributed by atoms with van der Waals surface area (Å²) in [6.45, 7) is 5.54. The molecule has 1 saturated heterocycles. The number of rotatable bonds is 1. The minimum atomic E-state index is -0.524. The molecule has 5 nitrogen and oxygen atoms in total. The predicted octanol–water partition coefficient (Wildman–Crippen LogP) is 2.35. The quantitative estimate of drug-likeness (QED) is 0.855. The summed E-state index contributed by atoms with van der Waals surface area (Å²) in [6, 6.07) is 3.80. The van der Waals surface area contributed by atoms with Gasteiger partial charge in [0.2, 0.25) is 0 Å². The van der Waals surface area contributed by atoms with Crippen molar-refractivity contribution in [2.75, 3.05) is 5.75 Å². The number of nitrogens with two attached hydrogens (primary N) is 1. The van der Waals surface area contributed by atoms with Gasteiger partial charge in [-0.2, -0.15) is 0 Å². The van der Waals surface area contributed by atoms with Crippen molar-refractivity contribution in [3.05, 3.63) is 30.1 Å². The van der Waals surface area contributed by atoms with Crippen molar-refractivity contribution < 1.29 is 9.53 Å². The zero-order valence-electron chi connectivity index (χ0n) is 11.4. The van der Waals surface area contributed by atoms with Crippen LogP contribution in [-0.4, -0.2) is 33.5 Å². The van der Waals surface area contributed by atoms with Gasteiger partial charge in [-0.25, -0.2) is 4.79 Å². The van der Waals surface area contributed by atoms with Crippen molar-refractivity contribution in [2.45, 2.75) is 37.9 Å². The lowest BCUT2D eigenvalue weighted by Gasteiger charge is -2.30. The van der Waals surface area contributed by atoms with E-state index in [1.54, 1.807) is 29.1 Å². The molecule has 0 saturated carbocycles. The molecule has 0 aliphatic carbocycles. The van der Waals surface area contributed by atoms with E-state index in [1.807, 2.05) is 32.9 Å². The van der Waals surface area contributed by atoms with Gasteiger partial charge in [-0.3, -0.25) is 9.88 Å². The van der Waals surface area contributed by atoms with Gasteiger partial charge >= 0.3 is 6.09 Å². The molecule has 2 N–H and O–H groups in total. The molecular formula is C13H19N3O2S. The molecule has 6 heteroatoms. The zero-order valence-corrected chi connectivity index (χ0v) is 12.2. The molecule has 0 aromatic carbocycles. The van der Waals surface area contributed by atoms with Gasteiger partial charge in [0.25, 0.3) is 0 Å². The summed E-state index contributed by atoms with van der Waals surface area (Å²) in [5.41, 5.74) is 6.45. The van der Waals surface area contributed by atoms with Crippen LogP contribution in [0.15, 0.2) is 24.5 Å². The second kappa shape index (κ2) is 5.38. The molecule has 1 aromatic heterocycles. The second-order valence-corrected chi connectivity index (χ2v) is 6.54. The molecule has 1 aliphatic heterocycles. The van der Waals surface area contributed by atoms with E-state index in [4.69, 9.17) is 10.5 Å². The van der Waals surface area contributed by atoms with Gasteiger partial charge in [0.15, 0.2) is 0 Å². The lowest BCUT2D eigenvalue weighted by atomic mass is 10.2. The second-order valence-electron chi connectivity index (χ2n) is 5.43. The Balaban J connectivity index is 2.19. The molecule has 104 valence electrons. The van der Waals surface area contributed by atoms with Gasteiger partial charge in [0, 0.05) is 23.7 Å². The van der Waals surface area contributed by atoms with E-state index in [-0.39, 0.29) is 17.6 Å². The third-order valence-electron chi connectivity index (χ3n) is 2.61. The van der Waals surface area contributed by atoms with E-state index < -0.39 is 5.60 Å². The molecule has 2 unspecified atom stereocenters. The highest BCUT2D eigenvalue weighted by molar-refractivity contribution is 7.99. The highest BCUT2D eigenvalue weighted by Gasteiger charge is 2.39. The van der Waals surface area contributed by atoms with Gasteiger partial charge < -0.3 is 10.5 Å². The van der Waals surface area contributed by atoms with E-state index in [9.17, 15) is 4.79 Å². The lowest BCUT2D eigenvalue weighted by molar-refractivity contribution is 0.0179. The number of thioether (sulfide) groups is 1. The van der Waals surface area contributed by atoms with E-state index in [2.05, 4.69) is 4.98 Å². The van der Waals surface area contributed by atoms with Crippen molar-refractivity contribution in [1.82, 2.24) is 9.88 Å². The van der Waals surface area contributed by atoms with E-state index in [0.717, 1.165) is 5.56 Å². The standard InChI is InChI=1S/C13H19N3O2S/c1-13(2,3)18-12(17)16-10(14)8-19-11(16)9-5-4-6-15-7-9/h4-7,10-11H,8,14H2,1-3H3. The van der Waals surface area contributed by atoms with Crippen LogP contribution in [0.2, 0.25) is 0 Å². The Kier molecular flexibility index (Phi) is 4.01. The van der Waals surface area contributed by atoms with Crippen LogP contribution in [0, 0.1) is 0 Å². The maximum absolute atomic E-state index is 12.2. The summed E-state index contributed by atoms with van der Waals surface area (Å²) >= 11 is 1.63. The largest absolute Gasteiger partial charge is 0.444 e. The minimum Gasteiger partial charge on any atom is -0.444 e. The smallest absolute Gasteiger partial charge is 0.412 e. The van der Waals surface area contributed by atoms with Gasteiger partial charge in [0.05, 0.1) is 6.17 Å². The molecule has 2 atom stereocenters. The zero-order chi connectivity index (χ0) is 14.0. The third kappa shape index (κ3) is 3.39. The maximum atomic E-state index is 12.2. The van der Waals surface area contributed by atoms with E-state index in [1.165, 1.54) is 0 Å². The summed E-state index contributed by atoms with van der Waals surface area (Å²) < 4.78 is 5.42. The summed E-state index contributed by atoms with van der Waals surface area (Å²) in [4.78, 5) is 17.9. The van der Waals surface area contributed by atoms with Crippen molar-refractivity contribution >= 4 is 17.9 Å². The van der Waals surface area contributed by atoms with Gasteiger partial charge in [-0.05, 0) is 26.8 Å². The Bertz CT molecular complexity index is 447. The Labute approximate surface area is 117 Å². The number of hydrogen-bond donors (Lipinski definition) is 1. The Morgan fingerprint density at radius 2 is 2.32 bits per heavy atom. The average Bonchev–Trinajstić information content (AvgIpc) is 2.70. The Hall–Kier alpha value is -1.27. The first kappa shape index (κ1) is 14.1. The fourth-order valence-corrected chi connectivity index (χ4v) is 3.12. The van der Waals surface area contributed by atoms with Crippen LogP contribution in [0.5, 0.6) is 0 Å². The van der Waals surface area contributed by atoms with E-state index in [0.29, 0.717) is 5.75 Å². The molecule has 2 rings (SSSR count). The summed E-state index contributed by atoms with van der Waals surface area (Å²) in [7, 11) is 0. The topological polar surface area (TPSA) is 68.5 Å². The summed E-state index contributed by atoms with van der Waals surface area (Å²) in [6.07, 6.45) is 2.76. The van der Waals surface area contributed by atoms with Gasteiger partial charge in [0.1, 0.15) is 11.0 Å². The van der Waals surface area contributed by atoms with Gasteiger partial charge in [-0.1, -0.05) is 6.07 Å². The first-order valence-corrected chi connectivity index (χ1v) is 7.22. The summed E-state index contributed by atoms with van der Waals surface area (Å²) in [5.74, 6) is 0.693. The van der Waals surface area contributed by atoms with Crippen LogP contribution >= 0.6 is 11.8 Å². The van der Waals surface area contributed by atoms with Crippen molar-refractivity contribution in [3.8, 4) is 0 Å². The molecule has 0 spiro atoms. The molecule has 1 aromatic rings. The first-order chi connectivity index (χ1) is 8.88.